The third kappa shape index (κ3) is 3.15. The number of hydrogen-bond donors (Lipinski definition) is 0. The molecular formula is C15H19N3O2S. The molecule has 0 atom stereocenters. The van der Waals surface area contributed by atoms with Crippen molar-refractivity contribution in [1.82, 2.24) is 14.5 Å². The maximum atomic E-state index is 12.4. The molecule has 112 valence electrons. The summed E-state index contributed by atoms with van der Waals surface area (Å²) in [5.74, 6) is 0.0235. The van der Waals surface area contributed by atoms with Gasteiger partial charge >= 0.3 is 0 Å². The minimum Gasteiger partial charge on any atom is -0.341 e. The molecule has 1 aliphatic heterocycles. The summed E-state index contributed by atoms with van der Waals surface area (Å²) in [4.78, 5) is 31.6. The molecule has 0 spiro atoms. The van der Waals surface area contributed by atoms with Gasteiger partial charge in [0.2, 0.25) is 5.91 Å². The summed E-state index contributed by atoms with van der Waals surface area (Å²) in [7, 11) is 0. The SMILES string of the molecule is O=C(Cn1cnc2sccc2c1=O)N1CCCCCCC1. The van der Waals surface area contributed by atoms with Crippen LogP contribution in [0.4, 0.5) is 0 Å². The maximum Gasteiger partial charge on any atom is 0.262 e. The lowest BCUT2D eigenvalue weighted by Gasteiger charge is -2.25. The summed E-state index contributed by atoms with van der Waals surface area (Å²) in [6.45, 7) is 1.71. The average molecular weight is 305 g/mol. The van der Waals surface area contributed by atoms with E-state index in [-0.39, 0.29) is 18.0 Å². The summed E-state index contributed by atoms with van der Waals surface area (Å²) in [6.07, 6.45) is 7.24. The van der Waals surface area contributed by atoms with E-state index in [1.165, 1.54) is 41.5 Å². The van der Waals surface area contributed by atoms with E-state index < -0.39 is 0 Å². The van der Waals surface area contributed by atoms with Crippen LogP contribution in [0.3, 0.4) is 0 Å². The smallest absolute Gasteiger partial charge is 0.262 e. The van der Waals surface area contributed by atoms with E-state index in [1.54, 1.807) is 6.07 Å². The second kappa shape index (κ2) is 6.39. The number of aromatic nitrogens is 2. The predicted molar refractivity (Wildman–Crippen MR) is 83.5 cm³/mol. The molecule has 2 aromatic rings. The van der Waals surface area contributed by atoms with Crippen molar-refractivity contribution in [1.29, 1.82) is 0 Å². The van der Waals surface area contributed by atoms with Crippen molar-refractivity contribution in [3.63, 3.8) is 0 Å². The molecule has 0 unspecified atom stereocenters. The fourth-order valence-electron chi connectivity index (χ4n) is 2.75. The molecule has 1 amide bonds. The topological polar surface area (TPSA) is 55.2 Å². The minimum absolute atomic E-state index is 0.0235. The van der Waals surface area contributed by atoms with Crippen molar-refractivity contribution in [3.8, 4) is 0 Å². The Bertz CT molecular complexity index is 684. The second-order valence-electron chi connectivity index (χ2n) is 5.47. The van der Waals surface area contributed by atoms with Gasteiger partial charge < -0.3 is 4.90 Å². The number of likely N-dealkylation sites (tertiary alicyclic amines) is 1. The molecule has 3 heterocycles. The highest BCUT2D eigenvalue weighted by molar-refractivity contribution is 7.16. The summed E-state index contributed by atoms with van der Waals surface area (Å²) in [6, 6.07) is 1.77. The van der Waals surface area contributed by atoms with Crippen LogP contribution < -0.4 is 5.56 Å². The Hall–Kier alpha value is -1.69. The molecule has 21 heavy (non-hydrogen) atoms. The zero-order chi connectivity index (χ0) is 14.7. The van der Waals surface area contributed by atoms with Gasteiger partial charge in [-0.25, -0.2) is 4.98 Å². The van der Waals surface area contributed by atoms with Crippen LogP contribution in [0.5, 0.6) is 0 Å². The largest absolute Gasteiger partial charge is 0.341 e. The van der Waals surface area contributed by atoms with E-state index in [0.717, 1.165) is 30.8 Å². The molecule has 1 saturated heterocycles. The van der Waals surface area contributed by atoms with Gasteiger partial charge in [-0.3, -0.25) is 14.2 Å². The number of thiophene rings is 1. The Labute approximate surface area is 127 Å². The molecule has 0 bridgehead atoms. The van der Waals surface area contributed by atoms with Crippen LogP contribution in [0, 0.1) is 0 Å². The molecule has 1 fully saturated rings. The first kappa shape index (κ1) is 14.3. The Morgan fingerprint density at radius 3 is 2.67 bits per heavy atom. The molecule has 0 N–H and O–H groups in total. The highest BCUT2D eigenvalue weighted by Gasteiger charge is 2.16. The van der Waals surface area contributed by atoms with Crippen LogP contribution in [0.15, 0.2) is 22.6 Å². The molecule has 0 radical (unpaired) electrons. The van der Waals surface area contributed by atoms with E-state index in [0.29, 0.717) is 5.39 Å². The Kier molecular flexibility index (Phi) is 4.34. The third-order valence-electron chi connectivity index (χ3n) is 3.96. The molecule has 0 aromatic carbocycles. The van der Waals surface area contributed by atoms with Gasteiger partial charge in [0.25, 0.3) is 5.56 Å². The van der Waals surface area contributed by atoms with Crippen molar-refractivity contribution < 1.29 is 4.79 Å². The highest BCUT2D eigenvalue weighted by atomic mass is 32.1. The fourth-order valence-corrected chi connectivity index (χ4v) is 3.47. The van der Waals surface area contributed by atoms with E-state index in [2.05, 4.69) is 4.98 Å². The standard InChI is InChI=1S/C15H19N3O2S/c19-13(17-7-4-2-1-3-5-8-17)10-18-11-16-14-12(15(18)20)6-9-21-14/h6,9,11H,1-5,7-8,10H2. The summed E-state index contributed by atoms with van der Waals surface area (Å²) in [5.41, 5.74) is -0.123. The van der Waals surface area contributed by atoms with Gasteiger partial charge in [0.15, 0.2) is 0 Å². The molecule has 0 saturated carbocycles. The highest BCUT2D eigenvalue weighted by Crippen LogP contribution is 2.14. The Morgan fingerprint density at radius 1 is 1.19 bits per heavy atom. The van der Waals surface area contributed by atoms with E-state index in [9.17, 15) is 9.59 Å². The first-order chi connectivity index (χ1) is 10.3. The zero-order valence-corrected chi connectivity index (χ0v) is 12.8. The third-order valence-corrected chi connectivity index (χ3v) is 4.79. The normalized spacial score (nSPS) is 16.7. The van der Waals surface area contributed by atoms with Crippen molar-refractivity contribution in [3.05, 3.63) is 28.1 Å². The van der Waals surface area contributed by atoms with Crippen LogP contribution in [0.2, 0.25) is 0 Å². The summed E-state index contributed by atoms with van der Waals surface area (Å²) >= 11 is 1.44. The van der Waals surface area contributed by atoms with E-state index in [4.69, 9.17) is 0 Å². The molecule has 6 heteroatoms. The second-order valence-corrected chi connectivity index (χ2v) is 6.36. The lowest BCUT2D eigenvalue weighted by molar-refractivity contribution is -0.132. The number of rotatable bonds is 2. The molecule has 3 rings (SSSR count). The predicted octanol–water partition coefficient (Wildman–Crippen LogP) is 2.25. The number of amides is 1. The van der Waals surface area contributed by atoms with Crippen molar-refractivity contribution in [2.75, 3.05) is 13.1 Å². The monoisotopic (exact) mass is 305 g/mol. The Morgan fingerprint density at radius 2 is 1.90 bits per heavy atom. The van der Waals surface area contributed by atoms with Gasteiger partial charge in [-0.05, 0) is 24.3 Å². The summed E-state index contributed by atoms with van der Waals surface area (Å²) < 4.78 is 1.43. The first-order valence-corrected chi connectivity index (χ1v) is 8.34. The fraction of sp³-hybridized carbons (Fsp3) is 0.533. The number of carbonyl (C=O) groups excluding carboxylic acids is 1. The van der Waals surface area contributed by atoms with Gasteiger partial charge in [0.1, 0.15) is 11.4 Å². The molecule has 1 aliphatic rings. The van der Waals surface area contributed by atoms with E-state index in [1.807, 2.05) is 10.3 Å². The van der Waals surface area contributed by atoms with Crippen LogP contribution in [0.1, 0.15) is 32.1 Å². The van der Waals surface area contributed by atoms with E-state index >= 15 is 0 Å². The molecule has 5 nitrogen and oxygen atoms in total. The Balaban J connectivity index is 1.75. The lowest BCUT2D eigenvalue weighted by Crippen LogP contribution is -2.38. The maximum absolute atomic E-state index is 12.4. The number of nitrogens with zero attached hydrogens (tertiary/aromatic N) is 3. The molecule has 2 aromatic heterocycles. The number of hydrogen-bond acceptors (Lipinski definition) is 4. The van der Waals surface area contributed by atoms with Crippen molar-refractivity contribution in [2.24, 2.45) is 0 Å². The van der Waals surface area contributed by atoms with Crippen LogP contribution in [-0.4, -0.2) is 33.4 Å². The lowest BCUT2D eigenvalue weighted by atomic mass is 10.1. The van der Waals surface area contributed by atoms with Gasteiger partial charge in [-0.2, -0.15) is 0 Å². The zero-order valence-electron chi connectivity index (χ0n) is 12.0. The van der Waals surface area contributed by atoms with Crippen molar-refractivity contribution >= 4 is 27.5 Å². The molecular weight excluding hydrogens is 286 g/mol. The van der Waals surface area contributed by atoms with Crippen LogP contribution in [-0.2, 0) is 11.3 Å². The average Bonchev–Trinajstić information content (AvgIpc) is 2.90. The first-order valence-electron chi connectivity index (χ1n) is 7.46. The van der Waals surface area contributed by atoms with Gasteiger partial charge in [0, 0.05) is 13.1 Å². The molecule has 0 aliphatic carbocycles. The number of carbonyl (C=O) groups is 1. The van der Waals surface area contributed by atoms with Gasteiger partial charge in [-0.15, -0.1) is 11.3 Å². The van der Waals surface area contributed by atoms with Gasteiger partial charge in [0.05, 0.1) is 11.7 Å². The quantitative estimate of drug-likeness (QED) is 0.855. The summed E-state index contributed by atoms with van der Waals surface area (Å²) in [5, 5.41) is 2.45. The van der Waals surface area contributed by atoms with Gasteiger partial charge in [-0.1, -0.05) is 19.3 Å². The minimum atomic E-state index is -0.123. The van der Waals surface area contributed by atoms with Crippen molar-refractivity contribution in [2.45, 2.75) is 38.6 Å². The van der Waals surface area contributed by atoms with Crippen LogP contribution >= 0.6 is 11.3 Å². The number of fused-ring (bicyclic) bond motifs is 1. The van der Waals surface area contributed by atoms with Crippen LogP contribution in [0.25, 0.3) is 10.2 Å².